The summed E-state index contributed by atoms with van der Waals surface area (Å²) < 4.78 is 38.3. The highest BCUT2D eigenvalue weighted by molar-refractivity contribution is 7.18. The van der Waals surface area contributed by atoms with Crippen molar-refractivity contribution in [3.8, 4) is 39.5 Å². The number of carbonyl (C=O) groups is 1. The molecule has 214 valence electrons. The molecule has 0 radical (unpaired) electrons. The predicted molar refractivity (Wildman–Crippen MR) is 155 cm³/mol. The number of halogens is 2. The van der Waals surface area contributed by atoms with Crippen LogP contribution < -0.4 is 4.74 Å². The monoisotopic (exact) mass is 588 g/mol. The molecule has 0 spiro atoms. The number of thiophene rings is 1. The van der Waals surface area contributed by atoms with Gasteiger partial charge in [0.15, 0.2) is 0 Å². The summed E-state index contributed by atoms with van der Waals surface area (Å²) in [7, 11) is 0. The Morgan fingerprint density at radius 3 is 2.74 bits per heavy atom. The van der Waals surface area contributed by atoms with Gasteiger partial charge >= 0.3 is 0 Å². The first kappa shape index (κ1) is 27.6. The number of aliphatic hydroxyl groups excluding tert-OH is 1. The molecule has 0 bridgehead atoms. The molecule has 1 aliphatic rings. The van der Waals surface area contributed by atoms with E-state index in [2.05, 4.69) is 16.5 Å². The fourth-order valence-corrected chi connectivity index (χ4v) is 6.14. The zero-order valence-electron chi connectivity index (χ0n) is 22.8. The van der Waals surface area contributed by atoms with Gasteiger partial charge in [0.2, 0.25) is 5.91 Å². The molecule has 5 heterocycles. The van der Waals surface area contributed by atoms with E-state index in [4.69, 9.17) is 14.8 Å². The molecule has 0 aliphatic carbocycles. The number of hydrogen-bond acceptors (Lipinski definition) is 8. The van der Waals surface area contributed by atoms with E-state index in [0.717, 1.165) is 23.2 Å². The summed E-state index contributed by atoms with van der Waals surface area (Å²) >= 11 is 1.37. The second-order valence-electron chi connectivity index (χ2n) is 9.92. The van der Waals surface area contributed by atoms with Crippen LogP contribution in [0.5, 0.6) is 5.75 Å². The standard InChI is InChI=1S/C30H26F2N6O3S/c1-4-25(40)37-15-20-11-23(36-38(20)14-16(37)2)29-27(26-22(32)9-19(31)10-24(26)41-7-6-39)30-21(5-8-42-30)28(35-29)18-12-33-17(3)34-13-18/h4-5,8-13,16,39H,1,6-7,14-15H2,2-3H3. The normalized spacial score (nSPS) is 14.7. The maximum absolute atomic E-state index is 15.8. The van der Waals surface area contributed by atoms with E-state index in [1.54, 1.807) is 24.2 Å². The zero-order valence-corrected chi connectivity index (χ0v) is 23.7. The summed E-state index contributed by atoms with van der Waals surface area (Å²) in [6.45, 7) is 7.59. The van der Waals surface area contributed by atoms with E-state index in [0.29, 0.717) is 51.8 Å². The number of amides is 1. The second-order valence-corrected chi connectivity index (χ2v) is 10.8. The van der Waals surface area contributed by atoms with Gasteiger partial charge < -0.3 is 14.7 Å². The van der Waals surface area contributed by atoms with E-state index in [9.17, 15) is 14.3 Å². The summed E-state index contributed by atoms with van der Waals surface area (Å²) in [5.41, 5.74) is 3.19. The molecule has 42 heavy (non-hydrogen) atoms. The lowest BCUT2D eigenvalue weighted by molar-refractivity contribution is -0.129. The van der Waals surface area contributed by atoms with Crippen LogP contribution in [0.2, 0.25) is 0 Å². The van der Waals surface area contributed by atoms with Gasteiger partial charge in [-0.05, 0) is 37.4 Å². The lowest BCUT2D eigenvalue weighted by Crippen LogP contribution is -2.44. The number of nitrogens with zero attached hydrogens (tertiary/aromatic N) is 6. The Kier molecular flexibility index (Phi) is 7.25. The second kappa shape index (κ2) is 11.0. The molecule has 0 saturated heterocycles. The van der Waals surface area contributed by atoms with Gasteiger partial charge in [-0.3, -0.25) is 9.48 Å². The number of aromatic nitrogens is 5. The molecule has 1 unspecified atom stereocenters. The Morgan fingerprint density at radius 1 is 1.21 bits per heavy atom. The molecule has 0 saturated carbocycles. The molecule has 6 rings (SSSR count). The summed E-state index contributed by atoms with van der Waals surface area (Å²) in [4.78, 5) is 27.9. The van der Waals surface area contributed by atoms with Crippen LogP contribution in [0.4, 0.5) is 8.78 Å². The van der Waals surface area contributed by atoms with Gasteiger partial charge in [-0.1, -0.05) is 6.58 Å². The van der Waals surface area contributed by atoms with Gasteiger partial charge in [0.05, 0.1) is 36.6 Å². The van der Waals surface area contributed by atoms with Gasteiger partial charge in [0, 0.05) is 51.8 Å². The van der Waals surface area contributed by atoms with Gasteiger partial charge in [-0.15, -0.1) is 11.3 Å². The minimum atomic E-state index is -0.840. The van der Waals surface area contributed by atoms with Crippen LogP contribution >= 0.6 is 11.3 Å². The minimum absolute atomic E-state index is 0.00862. The van der Waals surface area contributed by atoms with Crippen molar-refractivity contribution in [3.63, 3.8) is 0 Å². The van der Waals surface area contributed by atoms with Gasteiger partial charge in [-0.25, -0.2) is 23.7 Å². The van der Waals surface area contributed by atoms with E-state index >= 15 is 4.39 Å². The van der Waals surface area contributed by atoms with Crippen molar-refractivity contribution < 1.29 is 23.4 Å². The fraction of sp³-hybridized carbons (Fsp3) is 0.233. The van der Waals surface area contributed by atoms with Crippen molar-refractivity contribution in [1.29, 1.82) is 0 Å². The number of benzene rings is 1. The Hall–Kier alpha value is -4.55. The van der Waals surface area contributed by atoms with E-state index in [1.165, 1.54) is 17.4 Å². The number of ether oxygens (including phenoxy) is 1. The molecule has 1 N–H and O–H groups in total. The highest BCUT2D eigenvalue weighted by Gasteiger charge is 2.30. The first-order valence-corrected chi connectivity index (χ1v) is 14.1. The first-order chi connectivity index (χ1) is 20.3. The van der Waals surface area contributed by atoms with Crippen LogP contribution in [0.15, 0.2) is 54.7 Å². The van der Waals surface area contributed by atoms with Gasteiger partial charge in [0.1, 0.15) is 41.2 Å². The molecule has 1 amide bonds. The van der Waals surface area contributed by atoms with Crippen LogP contribution in [0.1, 0.15) is 18.4 Å². The lowest BCUT2D eigenvalue weighted by atomic mass is 9.97. The topological polar surface area (TPSA) is 106 Å². The minimum Gasteiger partial charge on any atom is -0.490 e. The van der Waals surface area contributed by atoms with Crippen LogP contribution in [0, 0.1) is 18.6 Å². The molecule has 5 aromatic rings. The van der Waals surface area contributed by atoms with Crippen LogP contribution in [-0.2, 0) is 17.9 Å². The average molecular weight is 589 g/mol. The quantitative estimate of drug-likeness (QED) is 0.262. The van der Waals surface area contributed by atoms with Crippen LogP contribution in [0.25, 0.3) is 43.9 Å². The lowest BCUT2D eigenvalue weighted by Gasteiger charge is -2.33. The highest BCUT2D eigenvalue weighted by atomic mass is 32.1. The fourth-order valence-electron chi connectivity index (χ4n) is 5.19. The smallest absolute Gasteiger partial charge is 0.246 e. The maximum Gasteiger partial charge on any atom is 0.246 e. The van der Waals surface area contributed by atoms with Crippen LogP contribution in [-0.4, -0.2) is 59.9 Å². The molecule has 4 aromatic heterocycles. The number of hydrogen-bond donors (Lipinski definition) is 1. The number of aryl methyl sites for hydroxylation is 1. The Bertz CT molecular complexity index is 1840. The van der Waals surface area contributed by atoms with Crippen molar-refractivity contribution in [2.24, 2.45) is 0 Å². The van der Waals surface area contributed by atoms with Crippen molar-refractivity contribution >= 4 is 27.3 Å². The molecule has 0 fully saturated rings. The first-order valence-electron chi connectivity index (χ1n) is 13.2. The third-order valence-electron chi connectivity index (χ3n) is 7.15. The Balaban J connectivity index is 1.64. The number of pyridine rings is 1. The van der Waals surface area contributed by atoms with Crippen molar-refractivity contribution in [1.82, 2.24) is 29.6 Å². The third-order valence-corrected chi connectivity index (χ3v) is 8.08. The Labute approximate surface area is 243 Å². The molecular weight excluding hydrogens is 562 g/mol. The zero-order chi connectivity index (χ0) is 29.5. The molecule has 9 nitrogen and oxygen atoms in total. The summed E-state index contributed by atoms with van der Waals surface area (Å²) in [5, 5.41) is 16.8. The predicted octanol–water partition coefficient (Wildman–Crippen LogP) is 5.16. The summed E-state index contributed by atoms with van der Waals surface area (Å²) in [5.74, 6) is -1.30. The highest BCUT2D eigenvalue weighted by Crippen LogP contribution is 2.47. The van der Waals surface area contributed by atoms with Gasteiger partial charge in [0.25, 0.3) is 0 Å². The Morgan fingerprint density at radius 2 is 2.00 bits per heavy atom. The third kappa shape index (κ3) is 4.82. The van der Waals surface area contributed by atoms with E-state index < -0.39 is 11.6 Å². The van der Waals surface area contributed by atoms with Crippen molar-refractivity contribution in [3.05, 3.63) is 77.8 Å². The van der Waals surface area contributed by atoms with Crippen LogP contribution in [0.3, 0.4) is 0 Å². The number of carbonyl (C=O) groups excluding carboxylic acids is 1. The SMILES string of the molecule is C=CC(=O)N1Cc2cc(-c3nc(-c4cnc(C)nc4)c4ccsc4c3-c3c(F)cc(F)cc3OCCO)nn2CC1C. The van der Waals surface area contributed by atoms with Crippen molar-refractivity contribution in [2.75, 3.05) is 13.2 Å². The number of aliphatic hydroxyl groups is 1. The van der Waals surface area contributed by atoms with E-state index in [1.807, 2.05) is 29.1 Å². The molecule has 1 aromatic carbocycles. The molecule has 12 heteroatoms. The molecule has 1 aliphatic heterocycles. The summed E-state index contributed by atoms with van der Waals surface area (Å²) in [6.07, 6.45) is 4.64. The summed E-state index contributed by atoms with van der Waals surface area (Å²) in [6, 6.07) is 5.47. The largest absolute Gasteiger partial charge is 0.490 e. The molecular formula is C30H26F2N6O3S. The van der Waals surface area contributed by atoms with E-state index in [-0.39, 0.29) is 36.5 Å². The number of fused-ring (bicyclic) bond motifs is 2. The van der Waals surface area contributed by atoms with Gasteiger partial charge in [-0.2, -0.15) is 5.10 Å². The average Bonchev–Trinajstić information content (AvgIpc) is 3.62. The molecule has 1 atom stereocenters. The maximum atomic E-state index is 15.8. The number of rotatable bonds is 7. The van der Waals surface area contributed by atoms with Crippen molar-refractivity contribution in [2.45, 2.75) is 33.0 Å².